The fourth-order valence-corrected chi connectivity index (χ4v) is 7.24. The summed E-state index contributed by atoms with van der Waals surface area (Å²) in [6, 6.07) is 8.30. The van der Waals surface area contributed by atoms with Crippen molar-refractivity contribution < 1.29 is 24.2 Å². The van der Waals surface area contributed by atoms with Crippen molar-refractivity contribution in [2.24, 2.45) is 17.8 Å². The molecule has 8 heteroatoms. The van der Waals surface area contributed by atoms with Crippen molar-refractivity contribution >= 4 is 17.7 Å². The Kier molecular flexibility index (Phi) is 7.94. The maximum atomic E-state index is 14.5. The number of likely N-dealkylation sites (tertiary alicyclic amines) is 1. The lowest BCUT2D eigenvalue weighted by atomic mass is 9.74. The van der Waals surface area contributed by atoms with Gasteiger partial charge in [-0.2, -0.15) is 0 Å². The van der Waals surface area contributed by atoms with Crippen LogP contribution in [0.25, 0.3) is 0 Å². The Morgan fingerprint density at radius 2 is 1.65 bits per heavy atom. The van der Waals surface area contributed by atoms with Gasteiger partial charge in [-0.05, 0) is 24.8 Å². The molecule has 1 aromatic rings. The fraction of sp³-hybridized carbons (Fsp3) is 0.594. The number of hydrogen-bond donors (Lipinski definition) is 1. The summed E-state index contributed by atoms with van der Waals surface area (Å²) in [6.45, 7) is 9.45. The van der Waals surface area contributed by atoms with Crippen molar-refractivity contribution in [2.75, 3.05) is 26.2 Å². The van der Waals surface area contributed by atoms with Gasteiger partial charge in [0.1, 0.15) is 11.6 Å². The number of hydrogen-bond acceptors (Lipinski definition) is 5. The number of fused-ring (bicyclic) bond motifs is 2. The lowest BCUT2D eigenvalue weighted by molar-refractivity contribution is -0.157. The van der Waals surface area contributed by atoms with Crippen LogP contribution in [-0.4, -0.2) is 87.1 Å². The minimum absolute atomic E-state index is 0.0934. The Balaban J connectivity index is 1.58. The van der Waals surface area contributed by atoms with Crippen molar-refractivity contribution in [1.82, 2.24) is 14.7 Å². The third kappa shape index (κ3) is 4.59. The van der Waals surface area contributed by atoms with Gasteiger partial charge >= 0.3 is 0 Å². The summed E-state index contributed by atoms with van der Waals surface area (Å²) in [7, 11) is 0. The molecule has 216 valence electrons. The summed E-state index contributed by atoms with van der Waals surface area (Å²) in [5.41, 5.74) is -1.35. The summed E-state index contributed by atoms with van der Waals surface area (Å²) in [5.74, 6) is -2.38. The maximum absolute atomic E-state index is 14.5. The molecular formula is C32H43N3O5. The molecule has 0 bridgehead atoms. The summed E-state index contributed by atoms with van der Waals surface area (Å²) < 4.78 is 6.90. The van der Waals surface area contributed by atoms with Crippen LogP contribution in [0.1, 0.15) is 52.5 Å². The SMILES string of the molecule is CCCCCN1CC=C[C@]23O[C@@]4(C)C=CCN(Cc5ccccc5)C(=O)[C@H]4[C@H]2C(=O)N([C@@H](CO)C(C)C)C3C1=O. The molecule has 0 aliphatic carbocycles. The molecule has 4 aliphatic heterocycles. The number of aliphatic hydroxyl groups is 1. The molecule has 4 aliphatic rings. The van der Waals surface area contributed by atoms with Gasteiger partial charge in [0, 0.05) is 26.2 Å². The second-order valence-corrected chi connectivity index (χ2v) is 12.2. The normalized spacial score (nSPS) is 32.3. The van der Waals surface area contributed by atoms with Crippen LogP contribution in [0.5, 0.6) is 0 Å². The number of amides is 3. The van der Waals surface area contributed by atoms with Crippen LogP contribution in [0.2, 0.25) is 0 Å². The summed E-state index contributed by atoms with van der Waals surface area (Å²) >= 11 is 0. The Bertz CT molecular complexity index is 1180. The molecule has 4 heterocycles. The number of ether oxygens (including phenoxy) is 1. The average molecular weight is 550 g/mol. The van der Waals surface area contributed by atoms with Gasteiger partial charge in [-0.15, -0.1) is 0 Å². The predicted molar refractivity (Wildman–Crippen MR) is 152 cm³/mol. The van der Waals surface area contributed by atoms with Crippen molar-refractivity contribution in [1.29, 1.82) is 0 Å². The van der Waals surface area contributed by atoms with E-state index >= 15 is 0 Å². The molecule has 5 rings (SSSR count). The molecule has 1 spiro atoms. The van der Waals surface area contributed by atoms with Crippen molar-refractivity contribution in [3.05, 3.63) is 60.2 Å². The highest BCUT2D eigenvalue weighted by Gasteiger charge is 2.75. The Morgan fingerprint density at radius 1 is 0.950 bits per heavy atom. The summed E-state index contributed by atoms with van der Waals surface area (Å²) in [5, 5.41) is 10.4. The van der Waals surface area contributed by atoms with E-state index in [1.54, 1.807) is 9.80 Å². The third-order valence-corrected chi connectivity index (χ3v) is 9.22. The second-order valence-electron chi connectivity index (χ2n) is 12.2. The smallest absolute Gasteiger partial charge is 0.249 e. The largest absolute Gasteiger partial charge is 0.394 e. The standard InChI is InChI=1S/C32H43N3O5/c1-5-6-10-17-33-18-12-16-32-26(29(38)35(27(32)30(33)39)24(21-36)22(2)3)25-28(37)34(19-11-15-31(25,4)40-32)20-23-13-8-7-9-14-23/h7-9,11-16,22,24-27,36H,5-6,10,17-21H2,1-4H3/t24-,25+,26-,27?,31-,32-/m0/s1. The molecule has 2 saturated heterocycles. The van der Waals surface area contributed by atoms with Gasteiger partial charge in [0.15, 0.2) is 0 Å². The molecule has 3 amide bonds. The molecule has 1 N–H and O–H groups in total. The lowest BCUT2D eigenvalue weighted by Crippen LogP contribution is -2.59. The van der Waals surface area contributed by atoms with E-state index in [0.29, 0.717) is 26.2 Å². The number of rotatable bonds is 9. The fourth-order valence-electron chi connectivity index (χ4n) is 7.24. The molecule has 0 aromatic heterocycles. The second kappa shape index (κ2) is 11.1. The Hall–Kier alpha value is -2.97. The highest BCUT2D eigenvalue weighted by atomic mass is 16.5. The van der Waals surface area contributed by atoms with E-state index in [1.165, 1.54) is 0 Å². The minimum atomic E-state index is -1.30. The van der Waals surface area contributed by atoms with Gasteiger partial charge < -0.3 is 24.5 Å². The molecule has 1 aromatic carbocycles. The van der Waals surface area contributed by atoms with E-state index in [2.05, 4.69) is 6.92 Å². The van der Waals surface area contributed by atoms with Gasteiger partial charge in [0.2, 0.25) is 17.7 Å². The van der Waals surface area contributed by atoms with Crippen molar-refractivity contribution in [2.45, 2.75) is 76.8 Å². The lowest BCUT2D eigenvalue weighted by Gasteiger charge is -2.41. The quantitative estimate of drug-likeness (QED) is 0.378. The summed E-state index contributed by atoms with van der Waals surface area (Å²) in [6.07, 6.45) is 10.6. The third-order valence-electron chi connectivity index (χ3n) is 9.22. The molecule has 2 fully saturated rings. The van der Waals surface area contributed by atoms with Crippen LogP contribution in [-0.2, 0) is 25.7 Å². The van der Waals surface area contributed by atoms with E-state index in [-0.39, 0.29) is 30.2 Å². The van der Waals surface area contributed by atoms with E-state index in [1.807, 2.05) is 80.3 Å². The van der Waals surface area contributed by atoms with Gasteiger partial charge in [-0.3, -0.25) is 14.4 Å². The van der Waals surface area contributed by atoms with E-state index in [9.17, 15) is 19.5 Å². The molecular weight excluding hydrogens is 506 g/mol. The Labute approximate surface area is 237 Å². The molecule has 6 atom stereocenters. The van der Waals surface area contributed by atoms with E-state index < -0.39 is 35.1 Å². The zero-order chi connectivity index (χ0) is 28.7. The molecule has 0 saturated carbocycles. The van der Waals surface area contributed by atoms with Gasteiger partial charge in [0.25, 0.3) is 0 Å². The van der Waals surface area contributed by atoms with E-state index in [4.69, 9.17) is 4.74 Å². The van der Waals surface area contributed by atoms with E-state index in [0.717, 1.165) is 24.8 Å². The number of carbonyl (C=O) groups is 3. The van der Waals surface area contributed by atoms with Crippen LogP contribution in [0.15, 0.2) is 54.6 Å². The van der Waals surface area contributed by atoms with Crippen LogP contribution in [0, 0.1) is 17.8 Å². The highest BCUT2D eigenvalue weighted by molar-refractivity contribution is 6.00. The monoisotopic (exact) mass is 549 g/mol. The topological polar surface area (TPSA) is 90.4 Å². The molecule has 40 heavy (non-hydrogen) atoms. The molecule has 0 radical (unpaired) electrons. The average Bonchev–Trinajstić information content (AvgIpc) is 3.20. The van der Waals surface area contributed by atoms with Gasteiger partial charge in [0.05, 0.1) is 30.1 Å². The first-order valence-corrected chi connectivity index (χ1v) is 14.8. The first kappa shape index (κ1) is 28.6. The molecule has 8 nitrogen and oxygen atoms in total. The van der Waals surface area contributed by atoms with Crippen LogP contribution < -0.4 is 0 Å². The number of nitrogens with zero attached hydrogens (tertiary/aromatic N) is 3. The van der Waals surface area contributed by atoms with Crippen LogP contribution in [0.3, 0.4) is 0 Å². The first-order valence-electron chi connectivity index (χ1n) is 14.8. The maximum Gasteiger partial charge on any atom is 0.249 e. The van der Waals surface area contributed by atoms with Crippen LogP contribution in [0.4, 0.5) is 0 Å². The number of benzene rings is 1. The zero-order valence-electron chi connectivity index (χ0n) is 24.2. The zero-order valence-corrected chi connectivity index (χ0v) is 24.2. The number of carbonyl (C=O) groups excluding carboxylic acids is 3. The highest BCUT2D eigenvalue weighted by Crippen LogP contribution is 2.58. The van der Waals surface area contributed by atoms with Crippen LogP contribution >= 0.6 is 0 Å². The van der Waals surface area contributed by atoms with Crippen molar-refractivity contribution in [3.8, 4) is 0 Å². The van der Waals surface area contributed by atoms with Gasteiger partial charge in [-0.1, -0.05) is 88.2 Å². The summed E-state index contributed by atoms with van der Waals surface area (Å²) in [4.78, 5) is 48.4. The van der Waals surface area contributed by atoms with Crippen molar-refractivity contribution in [3.63, 3.8) is 0 Å². The molecule has 1 unspecified atom stereocenters. The Morgan fingerprint density at radius 3 is 2.33 bits per heavy atom. The number of aliphatic hydroxyl groups excluding tert-OH is 1. The first-order chi connectivity index (χ1) is 19.2. The predicted octanol–water partition coefficient (Wildman–Crippen LogP) is 3.16. The van der Waals surface area contributed by atoms with Gasteiger partial charge in [-0.25, -0.2) is 0 Å². The number of unbranched alkanes of at least 4 members (excludes halogenated alkanes) is 2. The minimum Gasteiger partial charge on any atom is -0.394 e.